The largest absolute Gasteiger partial charge is 0.381 e. The van der Waals surface area contributed by atoms with Gasteiger partial charge in [-0.15, -0.1) is 10.2 Å². The number of rotatable bonds is 7. The van der Waals surface area contributed by atoms with Gasteiger partial charge in [-0.3, -0.25) is 4.99 Å². The fourth-order valence-corrected chi connectivity index (χ4v) is 3.66. The number of ether oxygens (including phenoxy) is 1. The summed E-state index contributed by atoms with van der Waals surface area (Å²) >= 11 is 0. The zero-order valence-electron chi connectivity index (χ0n) is 16.6. The van der Waals surface area contributed by atoms with Crippen molar-refractivity contribution < 1.29 is 9.13 Å². The lowest BCUT2D eigenvalue weighted by atomic mass is 9.74. The van der Waals surface area contributed by atoms with E-state index < -0.39 is 0 Å². The lowest BCUT2D eigenvalue weighted by Gasteiger charge is -2.38. The molecule has 0 radical (unpaired) electrons. The third kappa shape index (κ3) is 4.86. The van der Waals surface area contributed by atoms with Crippen molar-refractivity contribution in [2.45, 2.75) is 38.1 Å². The number of hydrogen-bond donors (Lipinski definition) is 2. The highest BCUT2D eigenvalue weighted by Crippen LogP contribution is 2.34. The van der Waals surface area contributed by atoms with Crippen molar-refractivity contribution in [2.24, 2.45) is 4.99 Å². The van der Waals surface area contributed by atoms with E-state index in [1.807, 2.05) is 10.6 Å². The number of aliphatic imine (C=N–C) groups is 1. The van der Waals surface area contributed by atoms with E-state index in [-0.39, 0.29) is 11.2 Å². The van der Waals surface area contributed by atoms with Crippen LogP contribution in [0.2, 0.25) is 0 Å². The van der Waals surface area contributed by atoms with Crippen LogP contribution in [0.5, 0.6) is 0 Å². The molecule has 1 aliphatic heterocycles. The normalized spacial score (nSPS) is 16.8. The third-order valence-electron chi connectivity index (χ3n) is 5.36. The molecule has 0 amide bonds. The summed E-state index contributed by atoms with van der Waals surface area (Å²) in [5.41, 5.74) is 0.845. The smallest absolute Gasteiger partial charge is 0.191 e. The van der Waals surface area contributed by atoms with Gasteiger partial charge in [-0.2, -0.15) is 0 Å². The number of aromatic nitrogens is 3. The molecule has 0 spiro atoms. The Morgan fingerprint density at radius 2 is 2.14 bits per heavy atom. The molecule has 2 aromatic rings. The molecule has 1 aliphatic rings. The molecule has 0 aliphatic carbocycles. The minimum Gasteiger partial charge on any atom is -0.381 e. The molecule has 1 aromatic heterocycles. The Labute approximate surface area is 165 Å². The maximum absolute atomic E-state index is 13.8. The molecular weight excluding hydrogens is 359 g/mol. The second kappa shape index (κ2) is 9.64. The molecule has 1 fully saturated rings. The molecule has 1 saturated heterocycles. The van der Waals surface area contributed by atoms with Gasteiger partial charge >= 0.3 is 0 Å². The summed E-state index contributed by atoms with van der Waals surface area (Å²) in [5, 5.41) is 14.8. The number of aryl methyl sites for hydroxylation is 1. The summed E-state index contributed by atoms with van der Waals surface area (Å²) in [6.45, 7) is 5.57. The number of hydrogen-bond acceptors (Lipinski definition) is 4. The summed E-state index contributed by atoms with van der Waals surface area (Å²) < 4.78 is 21.4. The minimum absolute atomic E-state index is 0.165. The van der Waals surface area contributed by atoms with Crippen LogP contribution < -0.4 is 10.6 Å². The van der Waals surface area contributed by atoms with Gasteiger partial charge in [-0.05, 0) is 30.5 Å². The average molecular weight is 388 g/mol. The molecule has 2 N–H and O–H groups in total. The Balaban J connectivity index is 1.60. The van der Waals surface area contributed by atoms with E-state index in [9.17, 15) is 4.39 Å². The zero-order valence-corrected chi connectivity index (χ0v) is 16.6. The molecule has 1 aromatic carbocycles. The first-order valence-electron chi connectivity index (χ1n) is 9.82. The third-order valence-corrected chi connectivity index (χ3v) is 5.36. The van der Waals surface area contributed by atoms with Crippen molar-refractivity contribution >= 4 is 5.96 Å². The molecule has 7 nitrogen and oxygen atoms in total. The summed E-state index contributed by atoms with van der Waals surface area (Å²) in [4.78, 5) is 4.32. The van der Waals surface area contributed by atoms with Crippen LogP contribution in [0.3, 0.4) is 0 Å². The van der Waals surface area contributed by atoms with Crippen LogP contribution in [0.1, 0.15) is 31.2 Å². The van der Waals surface area contributed by atoms with Crippen molar-refractivity contribution in [1.82, 2.24) is 25.4 Å². The number of nitrogens with zero attached hydrogens (tertiary/aromatic N) is 4. The first-order valence-corrected chi connectivity index (χ1v) is 9.82. The van der Waals surface area contributed by atoms with E-state index in [0.29, 0.717) is 26.3 Å². The van der Waals surface area contributed by atoms with Gasteiger partial charge in [-0.25, -0.2) is 4.39 Å². The maximum atomic E-state index is 13.8. The first-order chi connectivity index (χ1) is 13.7. The Kier molecular flexibility index (Phi) is 6.97. The van der Waals surface area contributed by atoms with E-state index in [0.717, 1.165) is 43.2 Å². The van der Waals surface area contributed by atoms with Gasteiger partial charge in [0.1, 0.15) is 18.0 Å². The monoisotopic (exact) mass is 388 g/mol. The Morgan fingerprint density at radius 3 is 2.86 bits per heavy atom. The molecule has 152 valence electrons. The van der Waals surface area contributed by atoms with Gasteiger partial charge in [0, 0.05) is 51.7 Å². The van der Waals surface area contributed by atoms with Gasteiger partial charge in [0.2, 0.25) is 0 Å². The summed E-state index contributed by atoms with van der Waals surface area (Å²) in [5.74, 6) is 1.50. The highest BCUT2D eigenvalue weighted by atomic mass is 19.1. The van der Waals surface area contributed by atoms with Crippen molar-refractivity contribution in [2.75, 3.05) is 33.4 Å². The molecule has 0 unspecified atom stereocenters. The lowest BCUT2D eigenvalue weighted by molar-refractivity contribution is 0.0513. The van der Waals surface area contributed by atoms with E-state index >= 15 is 0 Å². The minimum atomic E-state index is -0.202. The van der Waals surface area contributed by atoms with Gasteiger partial charge in [0.15, 0.2) is 5.96 Å². The van der Waals surface area contributed by atoms with Crippen LogP contribution in [0, 0.1) is 5.82 Å². The molecule has 0 atom stereocenters. The fraction of sp³-hybridized carbons (Fsp3) is 0.550. The number of benzene rings is 1. The van der Waals surface area contributed by atoms with E-state index in [4.69, 9.17) is 4.74 Å². The number of nitrogens with one attached hydrogen (secondary N) is 2. The van der Waals surface area contributed by atoms with Crippen LogP contribution in [0.4, 0.5) is 4.39 Å². The standard InChI is InChI=1S/C20H29FN6O/c1-3-18-26-25-15-27(18)10-9-23-19(22-2)24-14-20(7-11-28-12-8-20)16-5-4-6-17(21)13-16/h4-6,13,15H,3,7-12,14H2,1-2H3,(H2,22,23,24). The highest BCUT2D eigenvalue weighted by Gasteiger charge is 2.34. The second-order valence-electron chi connectivity index (χ2n) is 7.05. The predicted molar refractivity (Wildman–Crippen MR) is 107 cm³/mol. The zero-order chi connectivity index (χ0) is 19.8. The quantitative estimate of drug-likeness (QED) is 0.560. The van der Waals surface area contributed by atoms with Gasteiger partial charge < -0.3 is 19.9 Å². The van der Waals surface area contributed by atoms with Crippen LogP contribution in [-0.2, 0) is 23.1 Å². The fourth-order valence-electron chi connectivity index (χ4n) is 3.66. The number of guanidine groups is 1. The van der Waals surface area contributed by atoms with Gasteiger partial charge in [0.05, 0.1) is 0 Å². The van der Waals surface area contributed by atoms with Crippen LogP contribution in [0.15, 0.2) is 35.6 Å². The van der Waals surface area contributed by atoms with Gasteiger partial charge in [0.25, 0.3) is 0 Å². The average Bonchev–Trinajstić information content (AvgIpc) is 3.18. The van der Waals surface area contributed by atoms with Crippen molar-refractivity contribution in [3.63, 3.8) is 0 Å². The lowest BCUT2D eigenvalue weighted by Crippen LogP contribution is -2.48. The molecule has 2 heterocycles. The summed E-state index contributed by atoms with van der Waals surface area (Å²) in [7, 11) is 1.75. The van der Waals surface area contributed by atoms with Crippen LogP contribution in [0.25, 0.3) is 0 Å². The van der Waals surface area contributed by atoms with Crippen LogP contribution in [-0.4, -0.2) is 54.1 Å². The molecule has 28 heavy (non-hydrogen) atoms. The molecule has 0 bridgehead atoms. The predicted octanol–water partition coefficient (Wildman–Crippen LogP) is 1.89. The SMILES string of the molecule is CCc1nncn1CCNC(=NC)NCC1(c2cccc(F)c2)CCOCC1. The molecule has 0 saturated carbocycles. The Morgan fingerprint density at radius 1 is 1.32 bits per heavy atom. The number of halogens is 1. The molecular formula is C20H29FN6O. The van der Waals surface area contributed by atoms with E-state index in [1.54, 1.807) is 25.5 Å². The van der Waals surface area contributed by atoms with E-state index in [2.05, 4.69) is 32.7 Å². The van der Waals surface area contributed by atoms with Crippen molar-refractivity contribution in [3.05, 3.63) is 47.8 Å². The van der Waals surface area contributed by atoms with Crippen molar-refractivity contribution in [1.29, 1.82) is 0 Å². The first kappa shape index (κ1) is 20.3. The second-order valence-corrected chi connectivity index (χ2v) is 7.05. The molecule has 8 heteroatoms. The Bertz CT molecular complexity index is 785. The highest BCUT2D eigenvalue weighted by molar-refractivity contribution is 5.79. The van der Waals surface area contributed by atoms with Crippen molar-refractivity contribution in [3.8, 4) is 0 Å². The van der Waals surface area contributed by atoms with Crippen LogP contribution >= 0.6 is 0 Å². The van der Waals surface area contributed by atoms with Gasteiger partial charge in [-0.1, -0.05) is 19.1 Å². The summed E-state index contributed by atoms with van der Waals surface area (Å²) in [6.07, 6.45) is 4.30. The Hall–Kier alpha value is -2.48. The molecule has 3 rings (SSSR count). The topological polar surface area (TPSA) is 76.4 Å². The van der Waals surface area contributed by atoms with E-state index in [1.165, 1.54) is 6.07 Å². The summed E-state index contributed by atoms with van der Waals surface area (Å²) in [6, 6.07) is 6.91. The maximum Gasteiger partial charge on any atom is 0.191 e.